The topological polar surface area (TPSA) is 81.3 Å². The van der Waals surface area contributed by atoms with Crippen molar-refractivity contribution in [1.82, 2.24) is 19.4 Å². The number of nitrogens with zero attached hydrogens (tertiary/aromatic N) is 4. The van der Waals surface area contributed by atoms with Crippen LogP contribution >= 0.6 is 11.6 Å². The molecule has 7 nitrogen and oxygen atoms in total. The molecule has 2 aromatic carbocycles. The molecule has 0 aliphatic carbocycles. The molecule has 0 aliphatic rings. The third-order valence-electron chi connectivity index (χ3n) is 4.55. The zero-order chi connectivity index (χ0) is 20.4. The van der Waals surface area contributed by atoms with Crippen molar-refractivity contribution in [1.29, 1.82) is 0 Å². The van der Waals surface area contributed by atoms with Crippen LogP contribution < -0.4 is 10.9 Å². The predicted octanol–water partition coefficient (Wildman–Crippen LogP) is 3.41. The van der Waals surface area contributed by atoms with Gasteiger partial charge in [0.2, 0.25) is 5.91 Å². The second-order valence-corrected chi connectivity index (χ2v) is 7.00. The highest BCUT2D eigenvalue weighted by atomic mass is 35.5. The van der Waals surface area contributed by atoms with Crippen molar-refractivity contribution in [3.8, 4) is 11.3 Å². The lowest BCUT2D eigenvalue weighted by atomic mass is 10.1. The number of anilines is 1. The Balaban J connectivity index is 1.58. The minimum Gasteiger partial charge on any atom is -0.324 e. The van der Waals surface area contributed by atoms with Gasteiger partial charge in [-0.25, -0.2) is 9.20 Å². The van der Waals surface area contributed by atoms with Crippen molar-refractivity contribution in [2.24, 2.45) is 0 Å². The average molecular weight is 408 g/mol. The summed E-state index contributed by atoms with van der Waals surface area (Å²) in [6, 6.07) is 16.5. The number of fused-ring (bicyclic) bond motifs is 1. The van der Waals surface area contributed by atoms with Crippen LogP contribution in [0.2, 0.25) is 5.02 Å². The Bertz CT molecular complexity index is 1240. The van der Waals surface area contributed by atoms with Crippen LogP contribution in [0.15, 0.2) is 65.7 Å². The van der Waals surface area contributed by atoms with Crippen LogP contribution in [-0.4, -0.2) is 25.3 Å². The summed E-state index contributed by atoms with van der Waals surface area (Å²) in [4.78, 5) is 25.0. The van der Waals surface area contributed by atoms with Crippen LogP contribution in [0.5, 0.6) is 0 Å². The van der Waals surface area contributed by atoms with E-state index >= 15 is 0 Å². The molecule has 2 aromatic heterocycles. The third-order valence-corrected chi connectivity index (χ3v) is 4.78. The molecule has 0 radical (unpaired) electrons. The number of aryl methyl sites for hydroxylation is 1. The van der Waals surface area contributed by atoms with Gasteiger partial charge >= 0.3 is 0 Å². The van der Waals surface area contributed by atoms with Crippen LogP contribution in [0.4, 0.5) is 5.69 Å². The van der Waals surface area contributed by atoms with Crippen LogP contribution in [0.3, 0.4) is 0 Å². The summed E-state index contributed by atoms with van der Waals surface area (Å²) in [6.45, 7) is 1.88. The van der Waals surface area contributed by atoms with Crippen molar-refractivity contribution in [3.63, 3.8) is 0 Å². The summed E-state index contributed by atoms with van der Waals surface area (Å²) in [5, 5.41) is 11.7. The molecule has 0 fully saturated rings. The molecular weight excluding hydrogens is 390 g/mol. The first-order chi connectivity index (χ1) is 14.0. The highest BCUT2D eigenvalue weighted by molar-refractivity contribution is 6.30. The maximum absolute atomic E-state index is 12.8. The minimum atomic E-state index is -0.391. The van der Waals surface area contributed by atoms with E-state index in [0.717, 1.165) is 16.7 Å². The summed E-state index contributed by atoms with van der Waals surface area (Å²) in [6.07, 6.45) is 2.38. The van der Waals surface area contributed by atoms with Crippen LogP contribution in [0.25, 0.3) is 16.8 Å². The molecule has 0 aliphatic heterocycles. The van der Waals surface area contributed by atoms with Gasteiger partial charge in [-0.1, -0.05) is 48.9 Å². The maximum atomic E-state index is 12.8. The number of hydrogen-bond donors (Lipinski definition) is 1. The van der Waals surface area contributed by atoms with E-state index in [2.05, 4.69) is 22.4 Å². The smallest absolute Gasteiger partial charge is 0.293 e. The Morgan fingerprint density at radius 1 is 1.14 bits per heavy atom. The molecule has 8 heteroatoms. The molecule has 0 atom stereocenters. The summed E-state index contributed by atoms with van der Waals surface area (Å²) in [5.74, 6) is -0.374. The fourth-order valence-electron chi connectivity index (χ4n) is 3.01. The van der Waals surface area contributed by atoms with Gasteiger partial charge in [-0.2, -0.15) is 10.2 Å². The van der Waals surface area contributed by atoms with E-state index < -0.39 is 5.56 Å². The molecule has 0 bridgehead atoms. The Morgan fingerprint density at radius 3 is 2.66 bits per heavy atom. The molecule has 0 saturated carbocycles. The van der Waals surface area contributed by atoms with E-state index in [-0.39, 0.29) is 12.5 Å². The number of aromatic nitrogens is 4. The first kappa shape index (κ1) is 18.9. The SMILES string of the molecule is CCc1ccc(-c2cc3c(=O)n(CC(=O)Nc4cccc(Cl)c4)ncn3n2)cc1. The van der Waals surface area contributed by atoms with Gasteiger partial charge in [0.25, 0.3) is 5.56 Å². The van der Waals surface area contributed by atoms with E-state index in [9.17, 15) is 9.59 Å². The first-order valence-corrected chi connectivity index (χ1v) is 9.51. The predicted molar refractivity (Wildman–Crippen MR) is 112 cm³/mol. The number of carbonyl (C=O) groups is 1. The van der Waals surface area contributed by atoms with Gasteiger partial charge < -0.3 is 5.32 Å². The summed E-state index contributed by atoms with van der Waals surface area (Å²) >= 11 is 5.92. The molecule has 2 heterocycles. The number of nitrogens with one attached hydrogen (secondary N) is 1. The van der Waals surface area contributed by atoms with Gasteiger partial charge in [0, 0.05) is 16.3 Å². The fraction of sp³-hybridized carbons (Fsp3) is 0.143. The lowest BCUT2D eigenvalue weighted by Crippen LogP contribution is -2.30. The normalized spacial score (nSPS) is 11.0. The van der Waals surface area contributed by atoms with Gasteiger partial charge in [-0.15, -0.1) is 0 Å². The zero-order valence-electron chi connectivity index (χ0n) is 15.7. The quantitative estimate of drug-likeness (QED) is 0.549. The molecular formula is C21H18ClN5O2. The minimum absolute atomic E-state index is 0.215. The molecule has 146 valence electrons. The highest BCUT2D eigenvalue weighted by Crippen LogP contribution is 2.19. The van der Waals surface area contributed by atoms with E-state index in [1.165, 1.54) is 16.4 Å². The number of halogens is 1. The van der Waals surface area contributed by atoms with Gasteiger partial charge in [-0.05, 0) is 36.2 Å². The Morgan fingerprint density at radius 2 is 1.93 bits per heavy atom. The third kappa shape index (κ3) is 4.05. The lowest BCUT2D eigenvalue weighted by Gasteiger charge is -2.07. The molecule has 4 rings (SSSR count). The Labute approximate surface area is 171 Å². The standard InChI is InChI=1S/C21H18ClN5O2/c1-2-14-6-8-15(9-7-14)18-11-19-21(29)26(23-13-27(19)25-18)12-20(28)24-17-5-3-4-16(22)10-17/h3-11,13H,2,12H2,1H3,(H,24,28). The summed E-state index contributed by atoms with van der Waals surface area (Å²) in [5.41, 5.74) is 3.33. The second kappa shape index (κ2) is 7.89. The monoisotopic (exact) mass is 407 g/mol. The zero-order valence-corrected chi connectivity index (χ0v) is 16.4. The molecule has 0 spiro atoms. The van der Waals surface area contributed by atoms with Gasteiger partial charge in [0.15, 0.2) is 0 Å². The Kier molecular flexibility index (Phi) is 5.14. The van der Waals surface area contributed by atoms with Crippen LogP contribution in [-0.2, 0) is 17.8 Å². The molecule has 0 saturated heterocycles. The lowest BCUT2D eigenvalue weighted by molar-refractivity contribution is -0.117. The van der Waals surface area contributed by atoms with Crippen molar-refractivity contribution in [3.05, 3.63) is 81.9 Å². The van der Waals surface area contributed by atoms with E-state index in [0.29, 0.717) is 21.9 Å². The molecule has 4 aromatic rings. The number of rotatable bonds is 5. The molecule has 0 unspecified atom stereocenters. The van der Waals surface area contributed by atoms with E-state index in [1.807, 2.05) is 24.3 Å². The summed E-state index contributed by atoms with van der Waals surface area (Å²) in [7, 11) is 0. The van der Waals surface area contributed by atoms with E-state index in [4.69, 9.17) is 11.6 Å². The van der Waals surface area contributed by atoms with Gasteiger partial charge in [-0.3, -0.25) is 9.59 Å². The van der Waals surface area contributed by atoms with Gasteiger partial charge in [0.05, 0.1) is 5.69 Å². The van der Waals surface area contributed by atoms with Crippen LogP contribution in [0.1, 0.15) is 12.5 Å². The highest BCUT2D eigenvalue weighted by Gasteiger charge is 2.12. The maximum Gasteiger partial charge on any atom is 0.293 e. The fourth-order valence-corrected chi connectivity index (χ4v) is 3.20. The number of amides is 1. The average Bonchev–Trinajstić information content (AvgIpc) is 3.15. The number of benzene rings is 2. The van der Waals surface area contributed by atoms with Crippen molar-refractivity contribution in [2.75, 3.05) is 5.32 Å². The largest absolute Gasteiger partial charge is 0.324 e. The number of carbonyl (C=O) groups excluding carboxylic acids is 1. The van der Waals surface area contributed by atoms with Crippen molar-refractivity contribution < 1.29 is 4.79 Å². The van der Waals surface area contributed by atoms with Crippen molar-refractivity contribution >= 4 is 28.7 Å². The Hall–Kier alpha value is -3.45. The van der Waals surface area contributed by atoms with Crippen molar-refractivity contribution in [2.45, 2.75) is 19.9 Å². The van der Waals surface area contributed by atoms with Gasteiger partial charge in [0.1, 0.15) is 18.4 Å². The van der Waals surface area contributed by atoms with E-state index in [1.54, 1.807) is 30.3 Å². The second-order valence-electron chi connectivity index (χ2n) is 6.56. The first-order valence-electron chi connectivity index (χ1n) is 9.13. The summed E-state index contributed by atoms with van der Waals surface area (Å²) < 4.78 is 2.54. The molecule has 29 heavy (non-hydrogen) atoms. The van der Waals surface area contributed by atoms with Crippen LogP contribution in [0, 0.1) is 0 Å². The molecule has 1 N–H and O–H groups in total. The molecule has 1 amide bonds. The number of hydrogen-bond acceptors (Lipinski definition) is 4.